The zero-order valence-corrected chi connectivity index (χ0v) is 19.3. The quantitative estimate of drug-likeness (QED) is 0.437. The van der Waals surface area contributed by atoms with E-state index in [-0.39, 0.29) is 0 Å². The Morgan fingerprint density at radius 2 is 1.44 bits per heavy atom. The van der Waals surface area contributed by atoms with Crippen LogP contribution in [0.2, 0.25) is 0 Å². The van der Waals surface area contributed by atoms with E-state index < -0.39 is 0 Å². The minimum atomic E-state index is 0.990. The highest BCUT2D eigenvalue weighted by Gasteiger charge is 2.17. The van der Waals surface area contributed by atoms with Crippen LogP contribution in [-0.4, -0.2) is 50.4 Å². The molecule has 0 unspecified atom stereocenters. The Hall–Kier alpha value is -3.11. The van der Waals surface area contributed by atoms with Crippen molar-refractivity contribution in [3.05, 3.63) is 90.0 Å². The molecule has 3 aromatic rings. The van der Waals surface area contributed by atoms with Gasteiger partial charge in [-0.05, 0) is 61.4 Å². The molecule has 4 heteroatoms. The Balaban J connectivity index is 1.30. The number of hydrogen-bond acceptors (Lipinski definition) is 4. The van der Waals surface area contributed by atoms with Crippen LogP contribution in [0, 0.1) is 0 Å². The fourth-order valence-electron chi connectivity index (χ4n) is 4.26. The summed E-state index contributed by atoms with van der Waals surface area (Å²) >= 11 is 0. The van der Waals surface area contributed by atoms with Gasteiger partial charge in [0.15, 0.2) is 0 Å². The van der Waals surface area contributed by atoms with Gasteiger partial charge in [0.1, 0.15) is 0 Å². The molecule has 1 aliphatic heterocycles. The van der Waals surface area contributed by atoms with E-state index in [0.717, 1.165) is 57.1 Å². The summed E-state index contributed by atoms with van der Waals surface area (Å²) < 4.78 is 0. The van der Waals surface area contributed by atoms with Crippen LogP contribution < -0.4 is 9.80 Å². The molecule has 166 valence electrons. The Morgan fingerprint density at radius 1 is 0.781 bits per heavy atom. The maximum absolute atomic E-state index is 4.67. The first-order valence-electron chi connectivity index (χ1n) is 11.8. The molecule has 32 heavy (non-hydrogen) atoms. The Bertz CT molecular complexity index is 968. The molecule has 0 aromatic heterocycles. The van der Waals surface area contributed by atoms with Gasteiger partial charge in [-0.25, -0.2) is 0 Å². The second-order valence-corrected chi connectivity index (χ2v) is 8.29. The summed E-state index contributed by atoms with van der Waals surface area (Å²) in [5.74, 6) is 0. The number of nitrogens with zero attached hydrogens (tertiary/aromatic N) is 4. The van der Waals surface area contributed by atoms with Gasteiger partial charge in [0.25, 0.3) is 0 Å². The smallest absolute Gasteiger partial charge is 0.0631 e. The van der Waals surface area contributed by atoms with Crippen LogP contribution in [0.3, 0.4) is 0 Å². The third kappa shape index (κ3) is 5.77. The van der Waals surface area contributed by atoms with Crippen molar-refractivity contribution in [2.45, 2.75) is 20.4 Å². The van der Waals surface area contributed by atoms with E-state index in [4.69, 9.17) is 0 Å². The lowest BCUT2D eigenvalue weighted by atomic mass is 10.2. The van der Waals surface area contributed by atoms with E-state index >= 15 is 0 Å². The van der Waals surface area contributed by atoms with E-state index in [1.165, 1.54) is 16.9 Å². The number of anilines is 2. The zero-order chi connectivity index (χ0) is 22.2. The topological polar surface area (TPSA) is 22.1 Å². The van der Waals surface area contributed by atoms with Crippen molar-refractivity contribution in [2.24, 2.45) is 4.99 Å². The molecular weight excluding hydrogens is 392 g/mol. The van der Waals surface area contributed by atoms with Crippen molar-refractivity contribution >= 4 is 23.3 Å². The molecule has 0 amide bonds. The van der Waals surface area contributed by atoms with Crippen LogP contribution in [0.5, 0.6) is 0 Å². The van der Waals surface area contributed by atoms with E-state index in [1.54, 1.807) is 0 Å². The van der Waals surface area contributed by atoms with Gasteiger partial charge >= 0.3 is 0 Å². The predicted octanol–water partition coefficient (Wildman–Crippen LogP) is 5.61. The maximum atomic E-state index is 4.67. The van der Waals surface area contributed by atoms with E-state index in [0.29, 0.717) is 0 Å². The lowest BCUT2D eigenvalue weighted by molar-refractivity contribution is 0.250. The Kier molecular flexibility index (Phi) is 7.57. The largest absolute Gasteiger partial charge is 0.372 e. The molecule has 0 aliphatic carbocycles. The van der Waals surface area contributed by atoms with E-state index in [1.807, 2.05) is 6.21 Å². The molecule has 1 heterocycles. The van der Waals surface area contributed by atoms with Gasteiger partial charge in [0.2, 0.25) is 0 Å². The van der Waals surface area contributed by atoms with Crippen molar-refractivity contribution in [3.63, 3.8) is 0 Å². The SMILES string of the molecule is CCN(CC)c1ccc(C=Nc2ccc(N3CCN(Cc4ccccc4)CC3)cc2)cc1. The number of piperazine rings is 1. The molecule has 0 radical (unpaired) electrons. The molecular formula is C28H34N4. The highest BCUT2D eigenvalue weighted by Crippen LogP contribution is 2.22. The fraction of sp³-hybridized carbons (Fsp3) is 0.321. The molecule has 1 fully saturated rings. The van der Waals surface area contributed by atoms with Crippen molar-refractivity contribution in [1.29, 1.82) is 0 Å². The molecule has 0 spiro atoms. The normalized spacial score (nSPS) is 14.8. The van der Waals surface area contributed by atoms with Crippen LogP contribution in [0.25, 0.3) is 0 Å². The molecule has 0 N–H and O–H groups in total. The third-order valence-corrected chi connectivity index (χ3v) is 6.22. The summed E-state index contributed by atoms with van der Waals surface area (Å²) in [6.45, 7) is 11.8. The van der Waals surface area contributed by atoms with Crippen LogP contribution in [0.15, 0.2) is 83.9 Å². The van der Waals surface area contributed by atoms with Crippen molar-refractivity contribution < 1.29 is 0 Å². The minimum absolute atomic E-state index is 0.990. The number of rotatable bonds is 8. The van der Waals surface area contributed by atoms with Crippen LogP contribution in [0.4, 0.5) is 17.1 Å². The first-order chi connectivity index (χ1) is 15.7. The summed E-state index contributed by atoms with van der Waals surface area (Å²) in [5.41, 5.74) is 6.06. The average Bonchev–Trinajstić information content (AvgIpc) is 2.86. The van der Waals surface area contributed by atoms with Gasteiger partial charge in [0, 0.05) is 63.4 Å². The molecule has 1 saturated heterocycles. The third-order valence-electron chi connectivity index (χ3n) is 6.22. The second kappa shape index (κ2) is 11.0. The number of hydrogen-bond donors (Lipinski definition) is 0. The van der Waals surface area contributed by atoms with Gasteiger partial charge in [-0.3, -0.25) is 9.89 Å². The number of benzene rings is 3. The lowest BCUT2D eigenvalue weighted by Gasteiger charge is -2.36. The highest BCUT2D eigenvalue weighted by atomic mass is 15.3. The van der Waals surface area contributed by atoms with Crippen molar-refractivity contribution in [1.82, 2.24) is 4.90 Å². The first-order valence-corrected chi connectivity index (χ1v) is 11.8. The second-order valence-electron chi connectivity index (χ2n) is 8.29. The monoisotopic (exact) mass is 426 g/mol. The Morgan fingerprint density at radius 3 is 2.06 bits per heavy atom. The summed E-state index contributed by atoms with van der Waals surface area (Å²) in [6.07, 6.45) is 1.95. The predicted molar refractivity (Wildman–Crippen MR) is 138 cm³/mol. The Labute approximate surface area is 192 Å². The zero-order valence-electron chi connectivity index (χ0n) is 19.3. The first kappa shape index (κ1) is 22.1. The molecule has 4 rings (SSSR count). The average molecular weight is 427 g/mol. The summed E-state index contributed by atoms with van der Waals surface area (Å²) in [7, 11) is 0. The van der Waals surface area contributed by atoms with Gasteiger partial charge < -0.3 is 9.80 Å². The van der Waals surface area contributed by atoms with Crippen LogP contribution in [0.1, 0.15) is 25.0 Å². The maximum Gasteiger partial charge on any atom is 0.0631 e. The number of aliphatic imine (C=N–C) groups is 1. The van der Waals surface area contributed by atoms with Crippen LogP contribution >= 0.6 is 0 Å². The van der Waals surface area contributed by atoms with E-state index in [9.17, 15) is 0 Å². The van der Waals surface area contributed by atoms with Gasteiger partial charge in [-0.1, -0.05) is 42.5 Å². The van der Waals surface area contributed by atoms with E-state index in [2.05, 4.69) is 112 Å². The van der Waals surface area contributed by atoms with Crippen molar-refractivity contribution in [3.8, 4) is 0 Å². The van der Waals surface area contributed by atoms with Gasteiger partial charge in [0.05, 0.1) is 5.69 Å². The molecule has 1 aliphatic rings. The summed E-state index contributed by atoms with van der Waals surface area (Å²) in [6, 6.07) is 28.0. The minimum Gasteiger partial charge on any atom is -0.372 e. The molecule has 0 bridgehead atoms. The molecule has 0 saturated carbocycles. The van der Waals surface area contributed by atoms with Crippen LogP contribution in [-0.2, 0) is 6.54 Å². The highest BCUT2D eigenvalue weighted by molar-refractivity contribution is 5.82. The summed E-state index contributed by atoms with van der Waals surface area (Å²) in [4.78, 5) is 12.0. The lowest BCUT2D eigenvalue weighted by Crippen LogP contribution is -2.45. The molecule has 0 atom stereocenters. The molecule has 3 aromatic carbocycles. The standard InChI is InChI=1S/C28H34N4/c1-3-31(4-2)27-14-10-24(11-15-27)22-29-26-12-16-28(17-13-26)32-20-18-30(19-21-32)23-25-8-6-5-7-9-25/h5-17,22H,3-4,18-21,23H2,1-2H3. The van der Waals surface area contributed by atoms with Crippen molar-refractivity contribution in [2.75, 3.05) is 49.1 Å². The summed E-state index contributed by atoms with van der Waals surface area (Å²) in [5, 5.41) is 0. The van der Waals surface area contributed by atoms with Gasteiger partial charge in [-0.2, -0.15) is 0 Å². The molecule has 4 nitrogen and oxygen atoms in total. The van der Waals surface area contributed by atoms with Gasteiger partial charge in [-0.15, -0.1) is 0 Å². The fourth-order valence-corrected chi connectivity index (χ4v) is 4.26.